The van der Waals surface area contributed by atoms with E-state index in [-0.39, 0.29) is 12.5 Å². The van der Waals surface area contributed by atoms with Gasteiger partial charge in [0.1, 0.15) is 5.75 Å². The molecule has 0 heterocycles. The van der Waals surface area contributed by atoms with E-state index >= 15 is 0 Å². The van der Waals surface area contributed by atoms with Gasteiger partial charge in [0.2, 0.25) is 0 Å². The Labute approximate surface area is 160 Å². The van der Waals surface area contributed by atoms with Gasteiger partial charge in [0, 0.05) is 19.7 Å². The van der Waals surface area contributed by atoms with Crippen molar-refractivity contribution in [2.75, 3.05) is 20.8 Å². The zero-order valence-electron chi connectivity index (χ0n) is 16.2. The van der Waals surface area contributed by atoms with Crippen LogP contribution in [0.4, 0.5) is 0 Å². The maximum Gasteiger partial charge on any atom is 0.331 e. The molecule has 1 amide bonds. The Bertz CT molecular complexity index is 842. The number of nitrogens with zero attached hydrogens (tertiary/aromatic N) is 1. The normalized spacial score (nSPS) is 10.7. The number of rotatable bonds is 7. The van der Waals surface area contributed by atoms with E-state index < -0.39 is 5.97 Å². The second-order valence-electron chi connectivity index (χ2n) is 6.40. The molecule has 0 atom stereocenters. The van der Waals surface area contributed by atoms with Gasteiger partial charge in [-0.3, -0.25) is 4.79 Å². The molecule has 27 heavy (non-hydrogen) atoms. The number of methoxy groups -OCH3 is 1. The van der Waals surface area contributed by atoms with Gasteiger partial charge < -0.3 is 14.4 Å². The van der Waals surface area contributed by atoms with Gasteiger partial charge in [0.15, 0.2) is 6.61 Å². The Kier molecular flexibility index (Phi) is 7.17. The van der Waals surface area contributed by atoms with Crippen molar-refractivity contribution in [2.24, 2.45) is 0 Å². The van der Waals surface area contributed by atoms with E-state index in [1.807, 2.05) is 44.2 Å². The largest absolute Gasteiger partial charge is 0.497 e. The standard InChI is InChI=1S/C22H25NO4/c1-16-8-10-19(17(2)12-16)14-23(3)21(24)15-27-22(25)11-9-18-6-5-7-20(13-18)26-4/h5-13H,14-15H2,1-4H3/b11-9+. The summed E-state index contributed by atoms with van der Waals surface area (Å²) in [6.07, 6.45) is 2.92. The molecule has 2 aromatic rings. The fourth-order valence-corrected chi connectivity index (χ4v) is 2.57. The van der Waals surface area contributed by atoms with Crippen molar-refractivity contribution in [1.82, 2.24) is 4.90 Å². The molecule has 5 heteroatoms. The number of aryl methyl sites for hydroxylation is 2. The Hall–Kier alpha value is -3.08. The van der Waals surface area contributed by atoms with Gasteiger partial charge in [-0.15, -0.1) is 0 Å². The highest BCUT2D eigenvalue weighted by molar-refractivity contribution is 5.89. The molecule has 0 aromatic heterocycles. The lowest BCUT2D eigenvalue weighted by Crippen LogP contribution is -2.30. The smallest absolute Gasteiger partial charge is 0.331 e. The molecule has 0 N–H and O–H groups in total. The highest BCUT2D eigenvalue weighted by Crippen LogP contribution is 2.14. The highest BCUT2D eigenvalue weighted by atomic mass is 16.5. The van der Waals surface area contributed by atoms with Crippen LogP contribution in [0.1, 0.15) is 22.3 Å². The summed E-state index contributed by atoms with van der Waals surface area (Å²) in [5, 5.41) is 0. The predicted molar refractivity (Wildman–Crippen MR) is 105 cm³/mol. The van der Waals surface area contributed by atoms with Crippen LogP contribution in [-0.2, 0) is 20.9 Å². The molecule has 0 aliphatic heterocycles. The van der Waals surface area contributed by atoms with Crippen LogP contribution in [-0.4, -0.2) is 37.5 Å². The van der Waals surface area contributed by atoms with Crippen LogP contribution in [0.3, 0.4) is 0 Å². The van der Waals surface area contributed by atoms with E-state index in [4.69, 9.17) is 9.47 Å². The Morgan fingerprint density at radius 2 is 1.89 bits per heavy atom. The zero-order chi connectivity index (χ0) is 19.8. The van der Waals surface area contributed by atoms with Crippen molar-refractivity contribution < 1.29 is 19.1 Å². The Balaban J connectivity index is 1.84. The number of hydrogen-bond donors (Lipinski definition) is 0. The van der Waals surface area contributed by atoms with E-state index in [2.05, 4.69) is 6.07 Å². The molecule has 5 nitrogen and oxygen atoms in total. The van der Waals surface area contributed by atoms with Gasteiger partial charge in [-0.05, 0) is 48.7 Å². The summed E-state index contributed by atoms with van der Waals surface area (Å²) in [6.45, 7) is 4.24. The van der Waals surface area contributed by atoms with E-state index in [1.54, 1.807) is 31.2 Å². The first kappa shape index (κ1) is 20.2. The number of hydrogen-bond acceptors (Lipinski definition) is 4. The molecular formula is C22H25NO4. The van der Waals surface area contributed by atoms with Gasteiger partial charge in [-0.25, -0.2) is 4.79 Å². The first-order chi connectivity index (χ1) is 12.9. The molecule has 0 spiro atoms. The lowest BCUT2D eigenvalue weighted by atomic mass is 10.1. The number of carbonyl (C=O) groups excluding carboxylic acids is 2. The molecule has 0 fully saturated rings. The van der Waals surface area contributed by atoms with Crippen molar-refractivity contribution in [3.8, 4) is 5.75 Å². The maximum atomic E-state index is 12.2. The number of ether oxygens (including phenoxy) is 2. The molecule has 0 unspecified atom stereocenters. The van der Waals surface area contributed by atoms with Crippen molar-refractivity contribution in [3.05, 3.63) is 70.8 Å². The van der Waals surface area contributed by atoms with E-state index in [9.17, 15) is 9.59 Å². The summed E-state index contributed by atoms with van der Waals surface area (Å²) in [4.78, 5) is 25.6. The molecule has 0 aliphatic rings. The maximum absolute atomic E-state index is 12.2. The topological polar surface area (TPSA) is 55.8 Å². The first-order valence-electron chi connectivity index (χ1n) is 8.68. The summed E-state index contributed by atoms with van der Waals surface area (Å²) in [7, 11) is 3.28. The van der Waals surface area contributed by atoms with E-state index in [0.717, 1.165) is 16.7 Å². The zero-order valence-corrected chi connectivity index (χ0v) is 16.2. The van der Waals surface area contributed by atoms with Crippen LogP contribution in [0.2, 0.25) is 0 Å². The van der Waals surface area contributed by atoms with Gasteiger partial charge in [0.25, 0.3) is 5.91 Å². The SMILES string of the molecule is COc1cccc(/C=C/C(=O)OCC(=O)N(C)Cc2ccc(C)cc2C)c1. The molecule has 0 aliphatic carbocycles. The third-order valence-electron chi connectivity index (χ3n) is 4.17. The van der Waals surface area contributed by atoms with Gasteiger partial charge in [-0.1, -0.05) is 35.9 Å². The van der Waals surface area contributed by atoms with Crippen molar-refractivity contribution >= 4 is 18.0 Å². The number of esters is 1. The number of amides is 1. The van der Waals surface area contributed by atoms with Gasteiger partial charge in [-0.2, -0.15) is 0 Å². The number of carbonyl (C=O) groups is 2. The molecule has 0 saturated carbocycles. The fourth-order valence-electron chi connectivity index (χ4n) is 2.57. The van der Waals surface area contributed by atoms with E-state index in [1.165, 1.54) is 11.6 Å². The van der Waals surface area contributed by atoms with E-state index in [0.29, 0.717) is 12.3 Å². The quantitative estimate of drug-likeness (QED) is 0.555. The van der Waals surface area contributed by atoms with Crippen molar-refractivity contribution in [1.29, 1.82) is 0 Å². The molecule has 2 aromatic carbocycles. The molecular weight excluding hydrogens is 342 g/mol. The average molecular weight is 367 g/mol. The summed E-state index contributed by atoms with van der Waals surface area (Å²) in [6, 6.07) is 13.4. The van der Waals surface area contributed by atoms with Crippen LogP contribution in [0.5, 0.6) is 5.75 Å². The number of benzene rings is 2. The molecule has 0 saturated heterocycles. The lowest BCUT2D eigenvalue weighted by molar-refractivity contribution is -0.147. The average Bonchev–Trinajstić information content (AvgIpc) is 2.66. The summed E-state index contributed by atoms with van der Waals surface area (Å²) < 4.78 is 10.2. The number of likely N-dealkylation sites (N-methyl/N-ethyl adjacent to an activating group) is 1. The van der Waals surface area contributed by atoms with Crippen LogP contribution >= 0.6 is 0 Å². The van der Waals surface area contributed by atoms with Crippen LogP contribution in [0, 0.1) is 13.8 Å². The van der Waals surface area contributed by atoms with Gasteiger partial charge >= 0.3 is 5.97 Å². The summed E-state index contributed by atoms with van der Waals surface area (Å²) in [5.41, 5.74) is 4.19. The lowest BCUT2D eigenvalue weighted by Gasteiger charge is -2.18. The minimum atomic E-state index is -0.564. The summed E-state index contributed by atoms with van der Waals surface area (Å²) >= 11 is 0. The molecule has 0 bridgehead atoms. The third kappa shape index (κ3) is 6.29. The second kappa shape index (κ2) is 9.57. The molecule has 2 rings (SSSR count). The van der Waals surface area contributed by atoms with Crippen LogP contribution < -0.4 is 4.74 Å². The highest BCUT2D eigenvalue weighted by Gasteiger charge is 2.12. The Morgan fingerprint density at radius 3 is 2.59 bits per heavy atom. The monoisotopic (exact) mass is 367 g/mol. The third-order valence-corrected chi connectivity index (χ3v) is 4.17. The van der Waals surface area contributed by atoms with Crippen molar-refractivity contribution in [2.45, 2.75) is 20.4 Å². The van der Waals surface area contributed by atoms with Crippen LogP contribution in [0.15, 0.2) is 48.5 Å². The summed E-state index contributed by atoms with van der Waals surface area (Å²) in [5.74, 6) is -0.113. The second-order valence-corrected chi connectivity index (χ2v) is 6.40. The first-order valence-corrected chi connectivity index (χ1v) is 8.68. The molecule has 0 radical (unpaired) electrons. The van der Waals surface area contributed by atoms with Crippen molar-refractivity contribution in [3.63, 3.8) is 0 Å². The van der Waals surface area contributed by atoms with Crippen LogP contribution in [0.25, 0.3) is 6.08 Å². The minimum Gasteiger partial charge on any atom is -0.497 e. The minimum absolute atomic E-state index is 0.252. The predicted octanol–water partition coefficient (Wildman–Crippen LogP) is 3.53. The fraction of sp³-hybridized carbons (Fsp3) is 0.273. The molecule has 142 valence electrons. The van der Waals surface area contributed by atoms with Gasteiger partial charge in [0.05, 0.1) is 7.11 Å². The Morgan fingerprint density at radius 1 is 1.11 bits per heavy atom.